The Morgan fingerprint density at radius 3 is 1.62 bits per heavy atom. The summed E-state index contributed by atoms with van der Waals surface area (Å²) in [6.45, 7) is 0. The summed E-state index contributed by atoms with van der Waals surface area (Å²) in [5, 5.41) is 2.38. The molecule has 0 unspecified atom stereocenters. The van der Waals surface area contributed by atoms with E-state index in [1.54, 1.807) is 0 Å². The minimum Gasteiger partial charge on any atom is -0.308 e. The molecule has 2 nitrogen and oxygen atoms in total. The van der Waals surface area contributed by atoms with Crippen molar-refractivity contribution in [2.75, 3.05) is 0 Å². The van der Waals surface area contributed by atoms with Gasteiger partial charge in [0.1, 0.15) is 0 Å². The minimum absolute atomic E-state index is 1.16. The van der Waals surface area contributed by atoms with E-state index >= 15 is 0 Å². The highest BCUT2D eigenvalue weighted by Crippen LogP contribution is 2.50. The van der Waals surface area contributed by atoms with Gasteiger partial charge in [-0.15, -0.1) is 0 Å². The third-order valence-corrected chi connectivity index (χ3v) is 7.68. The number of hydrogen-bond acceptors (Lipinski definition) is 1. The summed E-state index contributed by atoms with van der Waals surface area (Å²) < 4.78 is 2.41. The molecule has 0 spiro atoms. The molecule has 0 radical (unpaired) electrons. The van der Waals surface area contributed by atoms with Crippen LogP contribution in [-0.2, 0) is 0 Å². The highest BCUT2D eigenvalue weighted by molar-refractivity contribution is 6.11. The summed E-state index contributed by atoms with van der Waals surface area (Å²) in [7, 11) is 0. The molecule has 7 aromatic rings. The van der Waals surface area contributed by atoms with Gasteiger partial charge in [-0.05, 0) is 57.1 Å². The molecule has 37 heavy (non-hydrogen) atoms. The van der Waals surface area contributed by atoms with E-state index in [1.807, 2.05) is 12.4 Å². The fraction of sp³-hybridized carbons (Fsp3) is 0. The number of aromatic nitrogens is 2. The van der Waals surface area contributed by atoms with Crippen LogP contribution in [0.3, 0.4) is 0 Å². The van der Waals surface area contributed by atoms with Crippen molar-refractivity contribution >= 4 is 21.8 Å². The van der Waals surface area contributed by atoms with Crippen LogP contribution in [0.4, 0.5) is 0 Å². The van der Waals surface area contributed by atoms with E-state index < -0.39 is 0 Å². The van der Waals surface area contributed by atoms with E-state index in [-0.39, 0.29) is 0 Å². The SMILES string of the molecule is c1ccc2c(c1)-c1ccccc1-c1cccc(-n3c4ccccc4c4cnccc43)c1-c1ccccc1-2. The minimum atomic E-state index is 1.16. The maximum Gasteiger partial charge on any atom is 0.0572 e. The second kappa shape index (κ2) is 7.78. The molecule has 0 N–H and O–H groups in total. The third kappa shape index (κ3) is 2.84. The number of nitrogens with zero attached hydrogens (tertiary/aromatic N) is 2. The van der Waals surface area contributed by atoms with Gasteiger partial charge >= 0.3 is 0 Å². The number of rotatable bonds is 1. The summed E-state index contributed by atoms with van der Waals surface area (Å²) in [4.78, 5) is 4.46. The van der Waals surface area contributed by atoms with Crippen LogP contribution in [0.1, 0.15) is 0 Å². The standard InChI is InChI=1S/C35H22N2/c1-2-11-24-23(10-1)25-12-3-4-13-27(25)30-17-9-19-34(35(30)29-16-6-5-14-26(24)29)37-32-18-8-7-15-28(32)31-22-36-21-20-33(31)37/h1-22H. The Labute approximate surface area is 215 Å². The van der Waals surface area contributed by atoms with Crippen molar-refractivity contribution < 1.29 is 0 Å². The van der Waals surface area contributed by atoms with Gasteiger partial charge in [-0.2, -0.15) is 0 Å². The molecule has 2 heteroatoms. The Kier molecular flexibility index (Phi) is 4.26. The predicted molar refractivity (Wildman–Crippen MR) is 154 cm³/mol. The van der Waals surface area contributed by atoms with Crippen LogP contribution in [0, 0.1) is 0 Å². The van der Waals surface area contributed by atoms with Crippen molar-refractivity contribution in [1.29, 1.82) is 0 Å². The van der Waals surface area contributed by atoms with Crippen LogP contribution in [0.5, 0.6) is 0 Å². The van der Waals surface area contributed by atoms with Crippen LogP contribution in [0.2, 0.25) is 0 Å². The number of benzene rings is 5. The molecule has 0 saturated carbocycles. The molecule has 1 aliphatic carbocycles. The lowest BCUT2D eigenvalue weighted by molar-refractivity contribution is 1.18. The molecule has 0 aliphatic heterocycles. The largest absolute Gasteiger partial charge is 0.308 e. The van der Waals surface area contributed by atoms with Crippen molar-refractivity contribution in [3.05, 3.63) is 134 Å². The Balaban J connectivity index is 1.59. The van der Waals surface area contributed by atoms with Gasteiger partial charge in [0.05, 0.1) is 16.7 Å². The summed E-state index contributed by atoms with van der Waals surface area (Å²) >= 11 is 0. The van der Waals surface area contributed by atoms with E-state index in [0.717, 1.165) is 5.52 Å². The van der Waals surface area contributed by atoms with Gasteiger partial charge in [-0.3, -0.25) is 4.98 Å². The second-order valence-electron chi connectivity index (χ2n) is 9.58. The maximum atomic E-state index is 4.46. The average molecular weight is 471 g/mol. The zero-order valence-corrected chi connectivity index (χ0v) is 20.1. The Morgan fingerprint density at radius 2 is 0.919 bits per heavy atom. The molecular formula is C35H22N2. The Bertz CT molecular complexity index is 1930. The smallest absolute Gasteiger partial charge is 0.0572 e. The van der Waals surface area contributed by atoms with E-state index in [4.69, 9.17) is 0 Å². The van der Waals surface area contributed by atoms with Gasteiger partial charge in [0.2, 0.25) is 0 Å². The van der Waals surface area contributed by atoms with Crippen LogP contribution >= 0.6 is 0 Å². The first-order chi connectivity index (χ1) is 18.4. The first kappa shape index (κ1) is 20.3. The topological polar surface area (TPSA) is 17.8 Å². The summed E-state index contributed by atoms with van der Waals surface area (Å²) in [5.74, 6) is 0. The molecule has 172 valence electrons. The van der Waals surface area contributed by atoms with Gasteiger partial charge in [-0.1, -0.05) is 103 Å². The van der Waals surface area contributed by atoms with Crippen molar-refractivity contribution in [1.82, 2.24) is 9.55 Å². The van der Waals surface area contributed by atoms with Gasteiger partial charge in [0.25, 0.3) is 0 Å². The van der Waals surface area contributed by atoms with Gasteiger partial charge in [-0.25, -0.2) is 0 Å². The average Bonchev–Trinajstić information content (AvgIpc) is 3.30. The molecule has 0 amide bonds. The number of fused-ring (bicyclic) bond motifs is 11. The fourth-order valence-corrected chi connectivity index (χ4v) is 6.15. The highest BCUT2D eigenvalue weighted by atomic mass is 15.0. The zero-order valence-electron chi connectivity index (χ0n) is 20.1. The lowest BCUT2D eigenvalue weighted by atomic mass is 9.80. The Hall–Kier alpha value is -4.95. The second-order valence-corrected chi connectivity index (χ2v) is 9.58. The summed E-state index contributed by atoms with van der Waals surface area (Å²) in [6, 6.07) is 44.0. The number of pyridine rings is 1. The zero-order chi connectivity index (χ0) is 24.3. The molecule has 5 aromatic carbocycles. The quantitative estimate of drug-likeness (QED) is 0.234. The lowest BCUT2D eigenvalue weighted by Gasteiger charge is -2.25. The molecule has 2 aromatic heterocycles. The van der Waals surface area contributed by atoms with E-state index in [9.17, 15) is 0 Å². The van der Waals surface area contributed by atoms with E-state index in [0.29, 0.717) is 0 Å². The van der Waals surface area contributed by atoms with Gasteiger partial charge in [0.15, 0.2) is 0 Å². The molecule has 0 bridgehead atoms. The third-order valence-electron chi connectivity index (χ3n) is 7.68. The molecule has 1 aliphatic rings. The molecule has 8 rings (SSSR count). The first-order valence-corrected chi connectivity index (χ1v) is 12.7. The van der Waals surface area contributed by atoms with Crippen LogP contribution in [-0.4, -0.2) is 9.55 Å². The fourth-order valence-electron chi connectivity index (χ4n) is 6.15. The molecule has 0 saturated heterocycles. The number of para-hydroxylation sites is 1. The first-order valence-electron chi connectivity index (χ1n) is 12.7. The van der Waals surface area contributed by atoms with Crippen LogP contribution in [0.25, 0.3) is 72.0 Å². The molecule has 2 heterocycles. The molecule has 0 fully saturated rings. The van der Waals surface area contributed by atoms with Crippen molar-refractivity contribution in [2.24, 2.45) is 0 Å². The van der Waals surface area contributed by atoms with Gasteiger partial charge in [0, 0.05) is 28.7 Å². The summed E-state index contributed by atoms with van der Waals surface area (Å²) in [5.41, 5.74) is 13.6. The van der Waals surface area contributed by atoms with Crippen molar-refractivity contribution in [2.45, 2.75) is 0 Å². The molecular weight excluding hydrogens is 448 g/mol. The molecule has 0 atom stereocenters. The normalized spacial score (nSPS) is 11.8. The predicted octanol–water partition coefficient (Wildman–Crippen LogP) is 9.16. The van der Waals surface area contributed by atoms with Crippen molar-refractivity contribution in [3.63, 3.8) is 0 Å². The van der Waals surface area contributed by atoms with Crippen LogP contribution in [0.15, 0.2) is 134 Å². The van der Waals surface area contributed by atoms with Crippen LogP contribution < -0.4 is 0 Å². The van der Waals surface area contributed by atoms with E-state index in [1.165, 1.54) is 66.5 Å². The maximum absolute atomic E-state index is 4.46. The highest BCUT2D eigenvalue weighted by Gasteiger charge is 2.25. The van der Waals surface area contributed by atoms with E-state index in [2.05, 4.69) is 131 Å². The lowest BCUT2D eigenvalue weighted by Crippen LogP contribution is -2.02. The van der Waals surface area contributed by atoms with Gasteiger partial charge < -0.3 is 4.57 Å². The summed E-state index contributed by atoms with van der Waals surface area (Å²) in [6.07, 6.45) is 3.88. The number of hydrogen-bond donors (Lipinski definition) is 0. The monoisotopic (exact) mass is 470 g/mol. The van der Waals surface area contributed by atoms with Crippen molar-refractivity contribution in [3.8, 4) is 50.2 Å². The Morgan fingerprint density at radius 1 is 0.405 bits per heavy atom.